The summed E-state index contributed by atoms with van der Waals surface area (Å²) < 4.78 is 0. The molecule has 162 valence electrons. The third-order valence-corrected chi connectivity index (χ3v) is 6.23. The van der Waals surface area contributed by atoms with Gasteiger partial charge in [0.2, 0.25) is 5.91 Å². The molecule has 3 rings (SSSR count). The Labute approximate surface area is 178 Å². The number of nitrogens with zero attached hydrogens (tertiary/aromatic N) is 5. The normalized spacial score (nSPS) is 20.2. The average Bonchev–Trinajstić information content (AvgIpc) is 3.20. The summed E-state index contributed by atoms with van der Waals surface area (Å²) in [6, 6.07) is 0. The fraction of sp³-hybridized carbons (Fsp3) is 0.750. The lowest BCUT2D eigenvalue weighted by Crippen LogP contribution is -2.51. The Kier molecular flexibility index (Phi) is 7.34. The highest BCUT2D eigenvalue weighted by Gasteiger charge is 2.23. The smallest absolute Gasteiger partial charge is 0.234 e. The van der Waals surface area contributed by atoms with E-state index in [0.29, 0.717) is 18.4 Å². The van der Waals surface area contributed by atoms with E-state index in [4.69, 9.17) is 5.73 Å². The van der Waals surface area contributed by atoms with Crippen LogP contribution in [0, 0.1) is 5.92 Å². The predicted molar refractivity (Wildman–Crippen MR) is 119 cm³/mol. The highest BCUT2D eigenvalue weighted by Crippen LogP contribution is 2.20. The lowest BCUT2D eigenvalue weighted by molar-refractivity contribution is -0.124. The molecule has 3 heterocycles. The van der Waals surface area contributed by atoms with Crippen molar-refractivity contribution in [2.45, 2.75) is 39.2 Å². The zero-order chi connectivity index (χ0) is 20.9. The Morgan fingerprint density at radius 3 is 2.52 bits per heavy atom. The maximum Gasteiger partial charge on any atom is 0.234 e. The summed E-state index contributed by atoms with van der Waals surface area (Å²) in [5, 5.41) is 6.13. The van der Waals surface area contributed by atoms with E-state index in [9.17, 15) is 4.79 Å². The van der Waals surface area contributed by atoms with E-state index < -0.39 is 0 Å². The van der Waals surface area contributed by atoms with Crippen LogP contribution in [0.4, 0.5) is 5.13 Å². The fourth-order valence-corrected chi connectivity index (χ4v) is 4.51. The number of thiazole rings is 1. The van der Waals surface area contributed by atoms with Gasteiger partial charge in [-0.15, -0.1) is 11.3 Å². The third-order valence-electron chi connectivity index (χ3n) is 5.39. The lowest BCUT2D eigenvalue weighted by Gasteiger charge is -2.35. The summed E-state index contributed by atoms with van der Waals surface area (Å²) in [4.78, 5) is 27.9. The number of guanidine groups is 1. The number of carbonyl (C=O) groups is 1. The number of carbonyl (C=O) groups excluding carboxylic acids is 1. The van der Waals surface area contributed by atoms with E-state index in [0.717, 1.165) is 63.8 Å². The molecule has 0 bridgehead atoms. The first-order valence-corrected chi connectivity index (χ1v) is 11.4. The molecule has 0 aromatic carbocycles. The van der Waals surface area contributed by atoms with Crippen molar-refractivity contribution in [1.82, 2.24) is 20.1 Å². The average molecular weight is 422 g/mol. The molecule has 2 fully saturated rings. The number of hydrogen-bond acceptors (Lipinski definition) is 6. The van der Waals surface area contributed by atoms with E-state index in [1.807, 2.05) is 32.3 Å². The molecule has 0 saturated carbocycles. The summed E-state index contributed by atoms with van der Waals surface area (Å²) in [5.74, 6) is 1.32. The molecule has 2 aliphatic heterocycles. The molecule has 1 aromatic heterocycles. The first-order chi connectivity index (χ1) is 13.8. The minimum absolute atomic E-state index is 0.107. The molecule has 0 spiro atoms. The van der Waals surface area contributed by atoms with Crippen molar-refractivity contribution in [3.63, 3.8) is 0 Å². The van der Waals surface area contributed by atoms with Crippen LogP contribution in [-0.4, -0.2) is 84.5 Å². The first kappa shape index (κ1) is 21.8. The number of piperazine rings is 1. The lowest BCUT2D eigenvalue weighted by atomic mass is 9.97. The van der Waals surface area contributed by atoms with Crippen LogP contribution in [0.5, 0.6) is 0 Å². The van der Waals surface area contributed by atoms with Crippen LogP contribution < -0.4 is 16.0 Å². The van der Waals surface area contributed by atoms with Crippen molar-refractivity contribution in [3.8, 4) is 0 Å². The summed E-state index contributed by atoms with van der Waals surface area (Å²) in [6.45, 7) is 12.8. The molecule has 9 heteroatoms. The van der Waals surface area contributed by atoms with Crippen LogP contribution in [0.3, 0.4) is 0 Å². The van der Waals surface area contributed by atoms with Crippen molar-refractivity contribution in [2.24, 2.45) is 16.6 Å². The first-order valence-electron chi connectivity index (χ1n) is 10.5. The standard InChI is InChI=1S/C20H35N7OS/c1-20(2,3)24-17(28)15-25-7-4-16(5-8-25)14-23-18(21)26-9-11-27(12-10-26)19-22-6-13-29-19/h6,13,16H,4-5,7-12,14-15H2,1-3H3,(H2,21,23)(H,24,28). The maximum absolute atomic E-state index is 12.1. The van der Waals surface area contributed by atoms with Crippen molar-refractivity contribution < 1.29 is 4.79 Å². The molecule has 0 aliphatic carbocycles. The van der Waals surface area contributed by atoms with Crippen molar-refractivity contribution >= 4 is 28.3 Å². The minimum atomic E-state index is -0.173. The van der Waals surface area contributed by atoms with Gasteiger partial charge in [-0.05, 0) is 52.6 Å². The number of nitrogens with one attached hydrogen (secondary N) is 1. The van der Waals surface area contributed by atoms with Crippen molar-refractivity contribution in [2.75, 3.05) is 57.3 Å². The molecule has 8 nitrogen and oxygen atoms in total. The number of piperidine rings is 1. The number of likely N-dealkylation sites (tertiary alicyclic amines) is 1. The van der Waals surface area contributed by atoms with Gasteiger partial charge in [0.1, 0.15) is 0 Å². The number of rotatable bonds is 5. The van der Waals surface area contributed by atoms with Gasteiger partial charge in [0.25, 0.3) is 0 Å². The number of hydrogen-bond donors (Lipinski definition) is 2. The van der Waals surface area contributed by atoms with Gasteiger partial charge in [-0.25, -0.2) is 4.98 Å². The molecule has 2 saturated heterocycles. The topological polar surface area (TPSA) is 90.1 Å². The number of amides is 1. The number of anilines is 1. The number of nitrogens with two attached hydrogens (primary N) is 1. The van der Waals surface area contributed by atoms with E-state index in [1.165, 1.54) is 0 Å². The monoisotopic (exact) mass is 421 g/mol. The Morgan fingerprint density at radius 2 is 1.93 bits per heavy atom. The summed E-state index contributed by atoms with van der Waals surface area (Å²) in [5.41, 5.74) is 6.09. The SMILES string of the molecule is CC(C)(C)NC(=O)CN1CCC(CN=C(N)N2CCN(c3nccs3)CC2)CC1. The van der Waals surface area contributed by atoms with E-state index in [1.54, 1.807) is 11.3 Å². The Balaban J connectivity index is 1.36. The second kappa shape index (κ2) is 9.75. The summed E-state index contributed by atoms with van der Waals surface area (Å²) in [7, 11) is 0. The number of aromatic nitrogens is 1. The van der Waals surface area contributed by atoms with Crippen LogP contribution in [-0.2, 0) is 4.79 Å². The van der Waals surface area contributed by atoms with E-state index in [-0.39, 0.29) is 11.4 Å². The molecule has 0 radical (unpaired) electrons. The summed E-state index contributed by atoms with van der Waals surface area (Å²) >= 11 is 1.68. The van der Waals surface area contributed by atoms with Crippen LogP contribution in [0.1, 0.15) is 33.6 Å². The number of aliphatic imine (C=N–C) groups is 1. The second-order valence-corrected chi connectivity index (χ2v) is 9.88. The molecule has 0 atom stereocenters. The molecular formula is C20H35N7OS. The third kappa shape index (κ3) is 6.85. The molecule has 1 amide bonds. The molecule has 0 unspecified atom stereocenters. The van der Waals surface area contributed by atoms with E-state index >= 15 is 0 Å². The Morgan fingerprint density at radius 1 is 1.24 bits per heavy atom. The molecular weight excluding hydrogens is 386 g/mol. The van der Waals surface area contributed by atoms with E-state index in [2.05, 4.69) is 30.0 Å². The Hall–Kier alpha value is -1.87. The van der Waals surface area contributed by atoms with Crippen molar-refractivity contribution in [3.05, 3.63) is 11.6 Å². The van der Waals surface area contributed by atoms with Gasteiger partial charge in [-0.2, -0.15) is 0 Å². The summed E-state index contributed by atoms with van der Waals surface area (Å²) in [6.07, 6.45) is 3.99. The highest BCUT2D eigenvalue weighted by atomic mass is 32.1. The van der Waals surface area contributed by atoms with Gasteiger partial charge >= 0.3 is 0 Å². The van der Waals surface area contributed by atoms with Gasteiger partial charge in [-0.1, -0.05) is 0 Å². The van der Waals surface area contributed by atoms with Gasteiger partial charge in [0.05, 0.1) is 6.54 Å². The maximum atomic E-state index is 12.1. The fourth-order valence-electron chi connectivity index (χ4n) is 3.81. The van der Waals surface area contributed by atoms with Gasteiger partial charge in [-0.3, -0.25) is 14.7 Å². The Bertz CT molecular complexity index is 670. The van der Waals surface area contributed by atoms with Crippen molar-refractivity contribution in [1.29, 1.82) is 0 Å². The van der Waals surface area contributed by atoms with Crippen LogP contribution in [0.2, 0.25) is 0 Å². The second-order valence-electron chi connectivity index (χ2n) is 9.01. The van der Waals surface area contributed by atoms with Gasteiger partial charge in [0.15, 0.2) is 11.1 Å². The van der Waals surface area contributed by atoms with Gasteiger partial charge in [0, 0.05) is 49.8 Å². The zero-order valence-electron chi connectivity index (χ0n) is 17.9. The zero-order valence-corrected chi connectivity index (χ0v) is 18.7. The highest BCUT2D eigenvalue weighted by molar-refractivity contribution is 7.13. The molecule has 1 aromatic rings. The molecule has 3 N–H and O–H groups in total. The van der Waals surface area contributed by atoms with Crippen LogP contribution in [0.25, 0.3) is 0 Å². The van der Waals surface area contributed by atoms with Crippen LogP contribution in [0.15, 0.2) is 16.6 Å². The molecule has 29 heavy (non-hydrogen) atoms. The minimum Gasteiger partial charge on any atom is -0.370 e. The quantitative estimate of drug-likeness (QED) is 0.549. The predicted octanol–water partition coefficient (Wildman–Crippen LogP) is 1.21. The molecule has 2 aliphatic rings. The van der Waals surface area contributed by atoms with Crippen LogP contribution >= 0.6 is 11.3 Å². The van der Waals surface area contributed by atoms with Gasteiger partial charge < -0.3 is 20.9 Å². The largest absolute Gasteiger partial charge is 0.370 e.